The highest BCUT2D eigenvalue weighted by atomic mass is 32.2. The fraction of sp³-hybridized carbons (Fsp3) is 0.417. The van der Waals surface area contributed by atoms with Crippen LogP contribution in [-0.4, -0.2) is 60.2 Å². The summed E-state index contributed by atoms with van der Waals surface area (Å²) in [6, 6.07) is 6.88. The number of carbonyl (C=O) groups excluding carboxylic acids is 1. The van der Waals surface area contributed by atoms with Crippen LogP contribution in [0.25, 0.3) is 11.0 Å². The van der Waals surface area contributed by atoms with Crippen LogP contribution in [-0.2, 0) is 16.2 Å². The normalized spacial score (nSPS) is 20.4. The molecule has 0 bridgehead atoms. The van der Waals surface area contributed by atoms with Crippen molar-refractivity contribution in [1.29, 1.82) is 0 Å². The molecule has 2 N–H and O–H groups in total. The summed E-state index contributed by atoms with van der Waals surface area (Å²) in [7, 11) is -4.18. The first-order chi connectivity index (χ1) is 18.3. The molecule has 2 unspecified atom stereocenters. The quantitative estimate of drug-likeness (QED) is 0.416. The van der Waals surface area contributed by atoms with Crippen molar-refractivity contribution >= 4 is 32.8 Å². The van der Waals surface area contributed by atoms with Gasteiger partial charge in [-0.3, -0.25) is 0 Å². The molecule has 3 heterocycles. The molecule has 2 amide bonds. The second-order valence-corrected chi connectivity index (χ2v) is 11.5. The molecule has 1 aliphatic heterocycles. The molecule has 210 valence electrons. The minimum atomic E-state index is -4.85. The standard InChI is InChI=1S/C24H23F6N5O3S/c25-23(26,27)13-32-22(36)34-11-17(14-6-7-14)19(12-34)33-20-16-8-9-35(21(16)31-10-18(20)24(28,29)30)39(37,38)15-4-2-1-3-5-15/h1-5,8-10,14,17,19H,6-7,11-13H2,(H,31,33)(H,32,36). The number of alkyl halides is 6. The summed E-state index contributed by atoms with van der Waals surface area (Å²) >= 11 is 0. The minimum Gasteiger partial charge on any atom is -0.379 e. The largest absolute Gasteiger partial charge is 0.419 e. The van der Waals surface area contributed by atoms with Gasteiger partial charge in [0, 0.05) is 42.8 Å². The SMILES string of the molecule is O=C(NCC(F)(F)F)N1CC(Nc2c(C(F)(F)F)cnc3c2ccn3S(=O)(=O)c2ccccc2)C(C2CC2)C1. The predicted octanol–water partition coefficient (Wildman–Crippen LogP) is 4.69. The Bertz CT molecular complexity index is 1490. The van der Waals surface area contributed by atoms with Crippen molar-refractivity contribution in [2.24, 2.45) is 11.8 Å². The van der Waals surface area contributed by atoms with Crippen LogP contribution in [0.3, 0.4) is 0 Å². The van der Waals surface area contributed by atoms with E-state index in [0.29, 0.717) is 6.20 Å². The molecular formula is C24H23F6N5O3S. The zero-order chi connectivity index (χ0) is 28.2. The smallest absolute Gasteiger partial charge is 0.379 e. The molecular weight excluding hydrogens is 552 g/mol. The number of nitrogens with one attached hydrogen (secondary N) is 2. The summed E-state index contributed by atoms with van der Waals surface area (Å²) in [6.07, 6.45) is -6.22. The molecule has 1 saturated heterocycles. The molecule has 0 spiro atoms. The highest BCUT2D eigenvalue weighted by molar-refractivity contribution is 7.90. The van der Waals surface area contributed by atoms with Gasteiger partial charge in [-0.15, -0.1) is 0 Å². The first-order valence-corrected chi connectivity index (χ1v) is 13.4. The first kappa shape index (κ1) is 27.1. The Hall–Kier alpha value is -3.49. The molecule has 39 heavy (non-hydrogen) atoms. The van der Waals surface area contributed by atoms with Crippen molar-refractivity contribution in [2.75, 3.05) is 25.0 Å². The van der Waals surface area contributed by atoms with Gasteiger partial charge in [0.1, 0.15) is 6.54 Å². The van der Waals surface area contributed by atoms with Crippen LogP contribution in [0.1, 0.15) is 18.4 Å². The highest BCUT2D eigenvalue weighted by Crippen LogP contribution is 2.45. The summed E-state index contributed by atoms with van der Waals surface area (Å²) in [5.74, 6) is -0.210. The third-order valence-electron chi connectivity index (χ3n) is 6.94. The van der Waals surface area contributed by atoms with E-state index >= 15 is 0 Å². The highest BCUT2D eigenvalue weighted by Gasteiger charge is 2.45. The monoisotopic (exact) mass is 575 g/mol. The maximum absolute atomic E-state index is 14.1. The Morgan fingerprint density at radius 2 is 1.72 bits per heavy atom. The number of hydrogen-bond donors (Lipinski definition) is 2. The maximum Gasteiger partial charge on any atom is 0.419 e. The zero-order valence-electron chi connectivity index (χ0n) is 20.1. The number of fused-ring (bicyclic) bond motifs is 1. The third-order valence-corrected chi connectivity index (χ3v) is 8.62. The number of rotatable bonds is 6. The average Bonchev–Trinajstić information content (AvgIpc) is 3.46. The van der Waals surface area contributed by atoms with Crippen molar-refractivity contribution < 1.29 is 39.6 Å². The van der Waals surface area contributed by atoms with Gasteiger partial charge in [0.25, 0.3) is 10.0 Å². The van der Waals surface area contributed by atoms with Gasteiger partial charge in [-0.2, -0.15) is 26.3 Å². The van der Waals surface area contributed by atoms with Gasteiger partial charge >= 0.3 is 18.4 Å². The molecule has 2 fully saturated rings. The van der Waals surface area contributed by atoms with Crippen molar-refractivity contribution in [3.63, 3.8) is 0 Å². The van der Waals surface area contributed by atoms with Crippen LogP contribution in [0, 0.1) is 11.8 Å². The summed E-state index contributed by atoms with van der Waals surface area (Å²) < 4.78 is 107. The zero-order valence-corrected chi connectivity index (χ0v) is 20.9. The molecule has 2 atom stereocenters. The number of anilines is 1. The third kappa shape index (κ3) is 5.49. The van der Waals surface area contributed by atoms with E-state index in [0.717, 1.165) is 27.9 Å². The summed E-state index contributed by atoms with van der Waals surface area (Å²) in [6.45, 7) is -1.58. The lowest BCUT2D eigenvalue weighted by molar-refractivity contribution is -0.137. The number of nitrogens with zero attached hydrogens (tertiary/aromatic N) is 3. The van der Waals surface area contributed by atoms with Crippen LogP contribution < -0.4 is 10.6 Å². The number of likely N-dealkylation sites (tertiary alicyclic amines) is 1. The molecule has 1 saturated carbocycles. The fourth-order valence-corrected chi connectivity index (χ4v) is 6.28. The van der Waals surface area contributed by atoms with Crippen LogP contribution >= 0.6 is 0 Å². The van der Waals surface area contributed by atoms with Crippen molar-refractivity contribution in [3.05, 3.63) is 54.4 Å². The van der Waals surface area contributed by atoms with Gasteiger partial charge < -0.3 is 15.5 Å². The summed E-state index contributed by atoms with van der Waals surface area (Å²) in [5, 5.41) is 4.59. The fourth-order valence-electron chi connectivity index (χ4n) is 4.96. The van der Waals surface area contributed by atoms with E-state index in [-0.39, 0.29) is 40.9 Å². The van der Waals surface area contributed by atoms with Gasteiger partial charge in [0.15, 0.2) is 5.65 Å². The number of amides is 2. The van der Waals surface area contributed by atoms with E-state index in [2.05, 4.69) is 10.3 Å². The van der Waals surface area contributed by atoms with E-state index in [1.165, 1.54) is 30.3 Å². The Labute approximate surface area is 219 Å². The van der Waals surface area contributed by atoms with Gasteiger partial charge in [0.05, 0.1) is 16.1 Å². The van der Waals surface area contributed by atoms with Crippen LogP contribution in [0.4, 0.5) is 36.8 Å². The number of aromatic nitrogens is 2. The molecule has 15 heteroatoms. The van der Waals surface area contributed by atoms with E-state index in [9.17, 15) is 39.6 Å². The Kier molecular flexibility index (Phi) is 6.67. The van der Waals surface area contributed by atoms with Crippen molar-refractivity contribution in [2.45, 2.75) is 36.1 Å². The van der Waals surface area contributed by atoms with Gasteiger partial charge in [-0.1, -0.05) is 18.2 Å². The number of benzene rings is 1. The average molecular weight is 576 g/mol. The van der Waals surface area contributed by atoms with Gasteiger partial charge in [-0.25, -0.2) is 22.2 Å². The van der Waals surface area contributed by atoms with E-state index < -0.39 is 52.2 Å². The summed E-state index contributed by atoms with van der Waals surface area (Å²) in [5.41, 5.74) is -1.75. The van der Waals surface area contributed by atoms with Crippen molar-refractivity contribution in [3.8, 4) is 0 Å². The molecule has 0 radical (unpaired) electrons. The second kappa shape index (κ2) is 9.61. The topological polar surface area (TPSA) is 96.3 Å². The van der Waals surface area contributed by atoms with Crippen molar-refractivity contribution in [1.82, 2.24) is 19.2 Å². The van der Waals surface area contributed by atoms with E-state index in [4.69, 9.17) is 0 Å². The Morgan fingerprint density at radius 3 is 2.33 bits per heavy atom. The Balaban J connectivity index is 1.51. The number of pyridine rings is 1. The maximum atomic E-state index is 14.1. The first-order valence-electron chi connectivity index (χ1n) is 12.0. The molecule has 5 rings (SSSR count). The van der Waals surface area contributed by atoms with Crippen LogP contribution in [0.15, 0.2) is 53.7 Å². The number of hydrogen-bond acceptors (Lipinski definition) is 5. The molecule has 1 aromatic carbocycles. The van der Waals surface area contributed by atoms with Gasteiger partial charge in [-0.05, 0) is 37.0 Å². The molecule has 8 nitrogen and oxygen atoms in total. The second-order valence-electron chi connectivity index (χ2n) is 9.64. The van der Waals surface area contributed by atoms with E-state index in [1.54, 1.807) is 11.4 Å². The van der Waals surface area contributed by atoms with Crippen LogP contribution in [0.2, 0.25) is 0 Å². The number of carbonyl (C=O) groups is 1. The number of halogens is 6. The number of urea groups is 1. The predicted molar refractivity (Wildman–Crippen MR) is 128 cm³/mol. The lowest BCUT2D eigenvalue weighted by atomic mass is 9.97. The lowest BCUT2D eigenvalue weighted by Gasteiger charge is -2.23. The van der Waals surface area contributed by atoms with E-state index in [1.807, 2.05) is 0 Å². The van der Waals surface area contributed by atoms with Gasteiger partial charge in [0.2, 0.25) is 0 Å². The molecule has 3 aromatic rings. The van der Waals surface area contributed by atoms with Crippen LogP contribution in [0.5, 0.6) is 0 Å². The summed E-state index contributed by atoms with van der Waals surface area (Å²) in [4.78, 5) is 17.3. The molecule has 2 aliphatic rings. The Morgan fingerprint density at radius 1 is 1.03 bits per heavy atom. The molecule has 1 aliphatic carbocycles. The lowest BCUT2D eigenvalue weighted by Crippen LogP contribution is -2.43. The minimum absolute atomic E-state index is 0.0744. The molecule has 2 aromatic heterocycles.